The molecule has 4 heterocycles. The van der Waals surface area contributed by atoms with Gasteiger partial charge in [0.25, 0.3) is 0 Å². The fourth-order valence-corrected chi connectivity index (χ4v) is 4.28. The van der Waals surface area contributed by atoms with Crippen molar-refractivity contribution in [1.29, 1.82) is 0 Å². The van der Waals surface area contributed by atoms with Gasteiger partial charge >= 0.3 is 0 Å². The Balaban J connectivity index is 1.19. The van der Waals surface area contributed by atoms with Gasteiger partial charge in [-0.1, -0.05) is 5.21 Å². The van der Waals surface area contributed by atoms with Crippen molar-refractivity contribution in [3.05, 3.63) is 42.5 Å². The minimum atomic E-state index is 0.490. The Hall–Kier alpha value is -2.74. The average Bonchev–Trinajstić information content (AvgIpc) is 3.45. The number of hydrogen-bond donors (Lipinski definition) is 3. The van der Waals surface area contributed by atoms with E-state index in [9.17, 15) is 0 Å². The lowest BCUT2D eigenvalue weighted by atomic mass is 9.80. The van der Waals surface area contributed by atoms with E-state index in [0.717, 1.165) is 47.7 Å². The van der Waals surface area contributed by atoms with Crippen molar-refractivity contribution in [2.75, 3.05) is 13.1 Å². The van der Waals surface area contributed by atoms with E-state index in [4.69, 9.17) is 0 Å². The number of aromatic amines is 2. The molecular weight excluding hydrogens is 340 g/mol. The van der Waals surface area contributed by atoms with Crippen molar-refractivity contribution in [3.63, 3.8) is 0 Å². The van der Waals surface area contributed by atoms with Crippen LogP contribution in [0.2, 0.25) is 0 Å². The van der Waals surface area contributed by atoms with Crippen LogP contribution in [-0.2, 0) is 6.42 Å². The van der Waals surface area contributed by atoms with Crippen molar-refractivity contribution < 1.29 is 0 Å². The maximum Gasteiger partial charge on any atom is 0.141 e. The fourth-order valence-electron chi connectivity index (χ4n) is 4.28. The van der Waals surface area contributed by atoms with Crippen molar-refractivity contribution in [2.45, 2.75) is 38.0 Å². The Morgan fingerprint density at radius 2 is 2.11 bits per heavy atom. The van der Waals surface area contributed by atoms with Crippen molar-refractivity contribution in [3.8, 4) is 0 Å². The second-order valence-electron chi connectivity index (χ2n) is 7.50. The second kappa shape index (κ2) is 7.11. The first-order valence-electron chi connectivity index (χ1n) is 9.73. The third kappa shape index (κ3) is 3.21. The van der Waals surface area contributed by atoms with E-state index >= 15 is 0 Å². The normalized spacial score (nSPS) is 20.6. The van der Waals surface area contributed by atoms with Crippen molar-refractivity contribution >= 4 is 16.6 Å². The molecule has 1 aliphatic carbocycles. The van der Waals surface area contributed by atoms with E-state index in [-0.39, 0.29) is 0 Å². The highest BCUT2D eigenvalue weighted by molar-refractivity contribution is 5.92. The molecule has 1 fully saturated rings. The molecule has 0 aliphatic heterocycles. The third-order valence-electron chi connectivity index (χ3n) is 5.79. The molecule has 0 spiro atoms. The lowest BCUT2D eigenvalue weighted by Gasteiger charge is -2.27. The number of rotatable bonds is 6. The highest BCUT2D eigenvalue weighted by atomic mass is 15.4. The SMILES string of the molecule is c1ncc(CCNCC2CCC(c3nnn4cnc5[nH]ccc5c34)CC2)[nH]1. The molecule has 140 valence electrons. The zero-order chi connectivity index (χ0) is 18.1. The number of nitrogens with one attached hydrogen (secondary N) is 3. The first kappa shape index (κ1) is 16.4. The van der Waals surface area contributed by atoms with E-state index in [0.29, 0.717) is 5.92 Å². The first-order chi connectivity index (χ1) is 13.4. The average molecular weight is 364 g/mol. The van der Waals surface area contributed by atoms with Gasteiger partial charge in [0.05, 0.1) is 12.0 Å². The van der Waals surface area contributed by atoms with Crippen LogP contribution in [0, 0.1) is 5.92 Å². The van der Waals surface area contributed by atoms with Crippen LogP contribution in [0.4, 0.5) is 0 Å². The molecule has 0 amide bonds. The van der Waals surface area contributed by atoms with Crippen LogP contribution in [-0.4, -0.2) is 47.9 Å². The van der Waals surface area contributed by atoms with Gasteiger partial charge in [-0.05, 0) is 44.2 Å². The summed E-state index contributed by atoms with van der Waals surface area (Å²) in [4.78, 5) is 14.8. The smallest absolute Gasteiger partial charge is 0.141 e. The predicted molar refractivity (Wildman–Crippen MR) is 102 cm³/mol. The van der Waals surface area contributed by atoms with Gasteiger partial charge in [0.15, 0.2) is 0 Å². The summed E-state index contributed by atoms with van der Waals surface area (Å²) in [6.07, 6.45) is 13.1. The second-order valence-corrected chi connectivity index (χ2v) is 7.50. The zero-order valence-corrected chi connectivity index (χ0v) is 15.2. The van der Waals surface area contributed by atoms with Crippen LogP contribution >= 0.6 is 0 Å². The molecule has 3 N–H and O–H groups in total. The molecule has 4 aromatic rings. The van der Waals surface area contributed by atoms with E-state index in [1.165, 1.54) is 31.4 Å². The van der Waals surface area contributed by atoms with Crippen LogP contribution in [0.1, 0.15) is 43.0 Å². The molecule has 4 aromatic heterocycles. The molecule has 0 radical (unpaired) electrons. The number of aromatic nitrogens is 7. The first-order valence-corrected chi connectivity index (χ1v) is 9.73. The van der Waals surface area contributed by atoms with Crippen LogP contribution < -0.4 is 5.32 Å². The molecule has 8 heteroatoms. The number of H-pyrrole nitrogens is 2. The molecule has 5 rings (SSSR count). The lowest BCUT2D eigenvalue weighted by Crippen LogP contribution is -2.27. The van der Waals surface area contributed by atoms with Crippen LogP contribution in [0.25, 0.3) is 16.6 Å². The van der Waals surface area contributed by atoms with Gasteiger partial charge in [-0.2, -0.15) is 0 Å². The third-order valence-corrected chi connectivity index (χ3v) is 5.79. The Morgan fingerprint density at radius 3 is 2.96 bits per heavy atom. The number of nitrogens with zero attached hydrogens (tertiary/aromatic N) is 5. The van der Waals surface area contributed by atoms with Crippen LogP contribution in [0.3, 0.4) is 0 Å². The highest BCUT2D eigenvalue weighted by Crippen LogP contribution is 2.37. The molecule has 0 bridgehead atoms. The molecular formula is C19H24N8. The Labute approximate surface area is 156 Å². The molecule has 0 unspecified atom stereocenters. The number of fused-ring (bicyclic) bond motifs is 3. The standard InChI is InChI=1S/C19H24N8/c1-3-14(4-2-13(1)9-20-7-5-15-10-21-11-23-15)17-18-16-6-8-22-19(16)24-12-27(18)26-25-17/h6,8,10-14,20,22H,1-5,7,9H2,(H,21,23). The summed E-state index contributed by atoms with van der Waals surface area (Å²) in [5, 5.41) is 13.5. The number of imidazole rings is 1. The van der Waals surface area contributed by atoms with Crippen LogP contribution in [0.5, 0.6) is 0 Å². The van der Waals surface area contributed by atoms with Gasteiger partial charge in [0.2, 0.25) is 0 Å². The molecule has 27 heavy (non-hydrogen) atoms. The summed E-state index contributed by atoms with van der Waals surface area (Å²) in [7, 11) is 0. The highest BCUT2D eigenvalue weighted by Gasteiger charge is 2.26. The molecule has 1 saturated carbocycles. The minimum absolute atomic E-state index is 0.490. The van der Waals surface area contributed by atoms with Gasteiger partial charge in [0, 0.05) is 42.4 Å². The summed E-state index contributed by atoms with van der Waals surface area (Å²) in [5.74, 6) is 1.24. The quantitative estimate of drug-likeness (QED) is 0.456. The molecule has 0 atom stereocenters. The van der Waals surface area contributed by atoms with Gasteiger partial charge in [0.1, 0.15) is 17.5 Å². The van der Waals surface area contributed by atoms with Gasteiger partial charge in [-0.25, -0.2) is 14.5 Å². The maximum absolute atomic E-state index is 4.51. The van der Waals surface area contributed by atoms with Gasteiger partial charge < -0.3 is 15.3 Å². The number of hydrogen-bond acceptors (Lipinski definition) is 5. The van der Waals surface area contributed by atoms with Gasteiger partial charge in [-0.3, -0.25) is 0 Å². The fraction of sp³-hybridized carbons (Fsp3) is 0.474. The van der Waals surface area contributed by atoms with E-state index in [2.05, 4.69) is 41.6 Å². The topological polar surface area (TPSA) is 99.6 Å². The molecule has 1 aliphatic rings. The van der Waals surface area contributed by atoms with Crippen molar-refractivity contribution in [1.82, 2.24) is 40.1 Å². The Kier molecular flexibility index (Phi) is 4.33. The van der Waals surface area contributed by atoms with E-state index in [1.807, 2.05) is 16.9 Å². The Bertz CT molecular complexity index is 1010. The van der Waals surface area contributed by atoms with E-state index < -0.39 is 0 Å². The van der Waals surface area contributed by atoms with Gasteiger partial charge in [-0.15, -0.1) is 5.10 Å². The molecule has 0 saturated heterocycles. The summed E-state index contributed by atoms with van der Waals surface area (Å²) < 4.78 is 1.81. The largest absolute Gasteiger partial charge is 0.348 e. The predicted octanol–water partition coefficient (Wildman–Crippen LogP) is 2.43. The molecule has 8 nitrogen and oxygen atoms in total. The summed E-state index contributed by atoms with van der Waals surface area (Å²) in [5.41, 5.74) is 4.34. The maximum atomic E-state index is 4.51. The van der Waals surface area contributed by atoms with Crippen molar-refractivity contribution in [2.24, 2.45) is 5.92 Å². The summed E-state index contributed by atoms with van der Waals surface area (Å²) >= 11 is 0. The lowest BCUT2D eigenvalue weighted by molar-refractivity contribution is 0.313. The summed E-state index contributed by atoms with van der Waals surface area (Å²) in [6, 6.07) is 2.07. The summed E-state index contributed by atoms with van der Waals surface area (Å²) in [6.45, 7) is 2.09. The van der Waals surface area contributed by atoms with E-state index in [1.54, 1.807) is 12.7 Å². The van der Waals surface area contributed by atoms with Crippen LogP contribution in [0.15, 0.2) is 31.1 Å². The minimum Gasteiger partial charge on any atom is -0.348 e. The zero-order valence-electron chi connectivity index (χ0n) is 15.2. The monoisotopic (exact) mass is 364 g/mol. The molecule has 0 aromatic carbocycles. The Morgan fingerprint density at radius 1 is 1.19 bits per heavy atom.